The molecule has 3 N–H and O–H groups in total. The number of benzene rings is 2. The van der Waals surface area contributed by atoms with Gasteiger partial charge in [-0.2, -0.15) is 13.9 Å². The van der Waals surface area contributed by atoms with Gasteiger partial charge in [0.2, 0.25) is 5.92 Å². The molecule has 424 valence electrons. The third-order valence-corrected chi connectivity index (χ3v) is 13.6. The smallest absolute Gasteiger partial charge is 0.292 e. The van der Waals surface area contributed by atoms with Crippen molar-refractivity contribution in [1.82, 2.24) is 24.3 Å². The van der Waals surface area contributed by atoms with E-state index in [1.807, 2.05) is 20.8 Å². The number of hydrogen-bond donors (Lipinski definition) is 3. The first-order chi connectivity index (χ1) is 36.3. The van der Waals surface area contributed by atoms with Gasteiger partial charge in [0, 0.05) is 116 Å². The summed E-state index contributed by atoms with van der Waals surface area (Å²) in [5, 5.41) is 19.8. The monoisotopic (exact) mass is 1130 g/mol. The number of ketones is 1. The number of rotatable bonds is 21. The molecule has 0 aliphatic heterocycles. The molecule has 23 heteroatoms. The third kappa shape index (κ3) is 15.7. The maximum absolute atomic E-state index is 15.3. The van der Waals surface area contributed by atoms with E-state index < -0.39 is 81.8 Å². The average molecular weight is 1130 g/mol. The van der Waals surface area contributed by atoms with Crippen molar-refractivity contribution in [3.63, 3.8) is 0 Å². The number of hydrogen-bond acceptors (Lipinski definition) is 11. The molecule has 1 fully saturated rings. The number of nitrogens with zero attached hydrogens (tertiary/aromatic N) is 5. The molecule has 13 nitrogen and oxygen atoms in total. The Kier molecular flexibility index (Phi) is 22.3. The summed E-state index contributed by atoms with van der Waals surface area (Å²) in [6.07, 6.45) is 2.01. The first kappa shape index (κ1) is 62.5. The quantitative estimate of drug-likeness (QED) is 0.0366. The van der Waals surface area contributed by atoms with Gasteiger partial charge in [-0.25, -0.2) is 36.3 Å². The van der Waals surface area contributed by atoms with Gasteiger partial charge in [0.15, 0.2) is 11.4 Å². The fraction of sp³-hybridized carbons (Fsp3) is 0.556. The minimum Gasteiger partial charge on any atom is -0.385 e. The van der Waals surface area contributed by atoms with Crippen molar-refractivity contribution in [2.45, 2.75) is 129 Å². The highest BCUT2D eigenvalue weighted by Gasteiger charge is 2.51. The summed E-state index contributed by atoms with van der Waals surface area (Å²) < 4.78 is 133. The number of carbonyl (C=O) groups is 1. The number of anilines is 2. The van der Waals surface area contributed by atoms with E-state index >= 15 is 4.79 Å². The summed E-state index contributed by atoms with van der Waals surface area (Å²) in [6, 6.07) is 8.47. The second-order valence-electron chi connectivity index (χ2n) is 19.9. The topological polar surface area (TPSA) is 166 Å². The molecular formula is C54H69ClF8N8O5S. The van der Waals surface area contributed by atoms with Crippen LogP contribution < -0.4 is 16.2 Å². The Morgan fingerprint density at radius 1 is 0.974 bits per heavy atom. The van der Waals surface area contributed by atoms with Gasteiger partial charge < -0.3 is 25.5 Å². The molecule has 0 spiro atoms. The average Bonchev–Trinajstić information content (AvgIpc) is 3.81. The number of nitrogens with one attached hydrogen (secondary N) is 3. The summed E-state index contributed by atoms with van der Waals surface area (Å²) >= 11 is 6.83. The van der Waals surface area contributed by atoms with Gasteiger partial charge in [0.05, 0.1) is 35.2 Å². The van der Waals surface area contributed by atoms with Gasteiger partial charge in [-0.15, -0.1) is 0 Å². The van der Waals surface area contributed by atoms with Crippen LogP contribution in [-0.2, 0) is 50.4 Å². The molecule has 77 heavy (non-hydrogen) atoms. The molecule has 2 aliphatic carbocycles. The highest BCUT2D eigenvalue weighted by molar-refractivity contribution is 7.83. The summed E-state index contributed by atoms with van der Waals surface area (Å²) in [6.45, 7) is 9.51. The Morgan fingerprint density at radius 2 is 1.61 bits per heavy atom. The van der Waals surface area contributed by atoms with Crippen LogP contribution in [0, 0.1) is 28.9 Å². The Bertz CT molecular complexity index is 2920. The van der Waals surface area contributed by atoms with Crippen molar-refractivity contribution in [2.75, 3.05) is 63.7 Å². The molecule has 2 aliphatic rings. The fourth-order valence-electron chi connectivity index (χ4n) is 9.57. The van der Waals surface area contributed by atoms with Crippen molar-refractivity contribution >= 4 is 56.3 Å². The van der Waals surface area contributed by atoms with Gasteiger partial charge in [0.1, 0.15) is 34.2 Å². The van der Waals surface area contributed by atoms with Crippen LogP contribution in [-0.4, -0.2) is 99.0 Å². The van der Waals surface area contributed by atoms with Crippen LogP contribution >= 0.6 is 11.6 Å². The van der Waals surface area contributed by atoms with E-state index in [1.54, 1.807) is 44.9 Å². The van der Waals surface area contributed by atoms with E-state index in [4.69, 9.17) is 36.5 Å². The number of methoxy groups -OCH3 is 2. The Labute approximate surface area is 451 Å². The molecule has 0 saturated heterocycles. The molecule has 0 radical (unpaired) electrons. The first-order valence-corrected chi connectivity index (χ1v) is 27.8. The zero-order valence-corrected chi connectivity index (χ0v) is 46.4. The second-order valence-corrected chi connectivity index (χ2v) is 21.8. The lowest BCUT2D eigenvalue weighted by molar-refractivity contribution is -0.118. The van der Waals surface area contributed by atoms with E-state index in [0.29, 0.717) is 84.5 Å². The molecule has 2 atom stereocenters. The highest BCUT2D eigenvalue weighted by Crippen LogP contribution is 2.48. The summed E-state index contributed by atoms with van der Waals surface area (Å²) in [5.74, 6) is -9.63. The number of pyridine rings is 1. The van der Waals surface area contributed by atoms with Gasteiger partial charge in [-0.3, -0.25) is 23.0 Å². The lowest BCUT2D eigenvalue weighted by Gasteiger charge is -2.29. The Hall–Kier alpha value is -5.32. The number of ether oxygens (including phenoxy) is 2. The van der Waals surface area contributed by atoms with E-state index in [-0.39, 0.29) is 78.5 Å². The molecule has 3 heterocycles. The molecule has 0 bridgehead atoms. The molecule has 1 saturated carbocycles. The van der Waals surface area contributed by atoms with Crippen molar-refractivity contribution in [1.29, 1.82) is 5.41 Å². The van der Waals surface area contributed by atoms with Crippen molar-refractivity contribution in [2.24, 2.45) is 11.8 Å². The van der Waals surface area contributed by atoms with Crippen LogP contribution in [0.15, 0.2) is 41.2 Å². The van der Waals surface area contributed by atoms with Crippen LogP contribution in [0.1, 0.15) is 137 Å². The number of alkyl halides is 6. The number of halogens is 9. The SMILES string of the molecule is CC(=O)Cn1nc(C(F)F)c2c1C(F)(F)C(C)C2.CCCC(=N)c1c(Cl)ccc(-n2c(C(Cc3cc(F)cc(F)c3)C(C)C)nc3nc(C4CCC(F)(F)CC4)cc(NCCOC)c3c2=O)c1NCCCOC.CS(C)=O. The normalized spacial score (nSPS) is 16.2. The lowest BCUT2D eigenvalue weighted by Crippen LogP contribution is -2.31. The van der Waals surface area contributed by atoms with Crippen molar-refractivity contribution in [3.05, 3.63) is 103 Å². The Balaban J connectivity index is 0.000000411. The zero-order valence-electron chi connectivity index (χ0n) is 44.8. The second kappa shape index (κ2) is 27.5. The van der Waals surface area contributed by atoms with Crippen molar-refractivity contribution in [3.8, 4) is 5.69 Å². The van der Waals surface area contributed by atoms with Crippen LogP contribution in [0.5, 0.6) is 0 Å². The van der Waals surface area contributed by atoms with E-state index in [1.165, 1.54) is 30.5 Å². The molecule has 7 rings (SSSR count). The van der Waals surface area contributed by atoms with E-state index in [2.05, 4.69) is 15.7 Å². The van der Waals surface area contributed by atoms with Gasteiger partial charge >= 0.3 is 0 Å². The molecule has 2 unspecified atom stereocenters. The van der Waals surface area contributed by atoms with Crippen LogP contribution in [0.2, 0.25) is 5.02 Å². The Morgan fingerprint density at radius 3 is 2.18 bits per heavy atom. The van der Waals surface area contributed by atoms with Crippen molar-refractivity contribution < 1.29 is 53.6 Å². The molecule has 2 aromatic carbocycles. The number of Topliss-reactive ketones (excluding diaryl/α,β-unsaturated/α-hetero) is 1. The fourth-order valence-corrected chi connectivity index (χ4v) is 9.84. The minimum absolute atomic E-state index is 0.108. The van der Waals surface area contributed by atoms with Gasteiger partial charge in [-0.1, -0.05) is 45.7 Å². The lowest BCUT2D eigenvalue weighted by atomic mass is 9.84. The predicted molar refractivity (Wildman–Crippen MR) is 286 cm³/mol. The summed E-state index contributed by atoms with van der Waals surface area (Å²) in [4.78, 5) is 36.4. The zero-order chi connectivity index (χ0) is 57.1. The summed E-state index contributed by atoms with van der Waals surface area (Å²) in [5.41, 5.74) is 1.35. The largest absolute Gasteiger partial charge is 0.385 e. The highest BCUT2D eigenvalue weighted by atomic mass is 35.5. The summed E-state index contributed by atoms with van der Waals surface area (Å²) in [7, 11) is 2.56. The number of carbonyl (C=O) groups excluding carboxylic acids is 1. The minimum atomic E-state index is -3.22. The van der Waals surface area contributed by atoms with Gasteiger partial charge in [-0.05, 0) is 87.3 Å². The predicted octanol–water partition coefficient (Wildman–Crippen LogP) is 12.4. The first-order valence-electron chi connectivity index (χ1n) is 25.4. The molecular weight excluding hydrogens is 1060 g/mol. The molecule has 5 aromatic rings. The molecule has 3 aromatic heterocycles. The van der Waals surface area contributed by atoms with Crippen LogP contribution in [0.25, 0.3) is 16.7 Å². The number of fused-ring (bicyclic) bond motifs is 2. The van der Waals surface area contributed by atoms with E-state index in [0.717, 1.165) is 10.7 Å². The van der Waals surface area contributed by atoms with Crippen LogP contribution in [0.4, 0.5) is 46.5 Å². The number of aromatic nitrogens is 5. The maximum atomic E-state index is 15.3. The molecule has 0 amide bonds. The third-order valence-electron chi connectivity index (χ3n) is 13.3. The van der Waals surface area contributed by atoms with E-state index in [9.17, 15) is 44.1 Å². The standard InChI is InChI=1S/C41H51ClF4N6O3.C11H12F4N2O.C2H6OS/c1-6-8-31(47)35-30(42)9-10-34(37(35)49-15-7-17-54-4)52-39(29(24(2)3)21-25-19-27(43)22-28(44)20-25)51-38-36(40(52)53)33(48-16-18-55-5)23-32(50-38)26-11-13-41(45,46)14-12-26;1-5-3-7-8(10(12)13)16-17(4-6(2)18)9(7)11(5,14)15;1-4(2)3/h9-10,19-20,22-24,26,29,47,49H,6-8,11-18,21H2,1-5H3,(H,48,50);5,10H,3-4H2,1-2H3;1-2H3. The maximum Gasteiger partial charge on any atom is 0.292 e. The van der Waals surface area contributed by atoms with Gasteiger partial charge in [0.25, 0.3) is 17.9 Å². The van der Waals surface area contributed by atoms with Crippen LogP contribution in [0.3, 0.4) is 0 Å².